The van der Waals surface area contributed by atoms with Crippen molar-refractivity contribution in [1.82, 2.24) is 4.98 Å². The van der Waals surface area contributed by atoms with Gasteiger partial charge in [-0.25, -0.2) is 4.98 Å². The Morgan fingerprint density at radius 3 is 2.76 bits per heavy atom. The first-order chi connectivity index (χ1) is 10.1. The Morgan fingerprint density at radius 2 is 2.14 bits per heavy atom. The maximum absolute atomic E-state index is 6.01. The molecule has 0 spiro atoms. The first-order valence-electron chi connectivity index (χ1n) is 7.14. The van der Waals surface area contributed by atoms with E-state index in [1.807, 2.05) is 45.2 Å². The van der Waals surface area contributed by atoms with Gasteiger partial charge in [0.1, 0.15) is 6.61 Å². The SMILES string of the molecule is CCOc1cccc(CC(C)N)c1OCc1cnc(C)s1. The van der Waals surface area contributed by atoms with Crippen LogP contribution >= 0.6 is 11.3 Å². The van der Waals surface area contributed by atoms with Crippen LogP contribution in [-0.2, 0) is 13.0 Å². The molecular formula is C16H22N2O2S. The van der Waals surface area contributed by atoms with Crippen molar-refractivity contribution >= 4 is 11.3 Å². The molecule has 0 radical (unpaired) electrons. The quantitative estimate of drug-likeness (QED) is 0.852. The van der Waals surface area contributed by atoms with Crippen LogP contribution in [0.1, 0.15) is 29.3 Å². The van der Waals surface area contributed by atoms with Crippen LogP contribution in [0.3, 0.4) is 0 Å². The number of thiazole rings is 1. The van der Waals surface area contributed by atoms with Crippen molar-refractivity contribution < 1.29 is 9.47 Å². The van der Waals surface area contributed by atoms with E-state index in [1.54, 1.807) is 11.3 Å². The van der Waals surface area contributed by atoms with Crippen LogP contribution < -0.4 is 15.2 Å². The van der Waals surface area contributed by atoms with Crippen molar-refractivity contribution in [3.8, 4) is 11.5 Å². The first kappa shape index (κ1) is 15.8. The molecule has 2 aromatic rings. The largest absolute Gasteiger partial charge is 0.490 e. The zero-order chi connectivity index (χ0) is 15.2. The molecule has 0 bridgehead atoms. The Labute approximate surface area is 129 Å². The van der Waals surface area contributed by atoms with Gasteiger partial charge in [-0.2, -0.15) is 0 Å². The number of ether oxygens (including phenoxy) is 2. The highest BCUT2D eigenvalue weighted by Gasteiger charge is 2.13. The summed E-state index contributed by atoms with van der Waals surface area (Å²) in [6.07, 6.45) is 2.62. The monoisotopic (exact) mass is 306 g/mol. The summed E-state index contributed by atoms with van der Waals surface area (Å²) in [5.41, 5.74) is 7.00. The van der Waals surface area contributed by atoms with Gasteiger partial charge in [0.2, 0.25) is 0 Å². The molecule has 0 aliphatic carbocycles. The zero-order valence-corrected chi connectivity index (χ0v) is 13.6. The highest BCUT2D eigenvalue weighted by Crippen LogP contribution is 2.33. The van der Waals surface area contributed by atoms with Crippen LogP contribution in [0, 0.1) is 6.92 Å². The summed E-state index contributed by atoms with van der Waals surface area (Å²) in [6.45, 7) is 7.06. The summed E-state index contributed by atoms with van der Waals surface area (Å²) >= 11 is 1.64. The minimum Gasteiger partial charge on any atom is -0.490 e. The van der Waals surface area contributed by atoms with E-state index >= 15 is 0 Å². The maximum atomic E-state index is 6.01. The van der Waals surface area contributed by atoms with Gasteiger partial charge >= 0.3 is 0 Å². The third kappa shape index (κ3) is 4.44. The van der Waals surface area contributed by atoms with Crippen LogP contribution in [0.25, 0.3) is 0 Å². The van der Waals surface area contributed by atoms with Crippen LogP contribution in [0.5, 0.6) is 11.5 Å². The van der Waals surface area contributed by atoms with Crippen molar-refractivity contribution in [3.05, 3.63) is 39.8 Å². The average Bonchev–Trinajstić information content (AvgIpc) is 2.83. The van der Waals surface area contributed by atoms with Crippen molar-refractivity contribution in [1.29, 1.82) is 0 Å². The lowest BCUT2D eigenvalue weighted by molar-refractivity contribution is 0.268. The molecule has 0 aliphatic heterocycles. The molecule has 0 saturated carbocycles. The molecule has 4 nitrogen and oxygen atoms in total. The number of nitrogens with zero attached hydrogens (tertiary/aromatic N) is 1. The number of hydrogen-bond donors (Lipinski definition) is 1. The van der Waals surface area contributed by atoms with E-state index in [0.717, 1.165) is 33.4 Å². The molecule has 1 aromatic heterocycles. The Hall–Kier alpha value is -1.59. The zero-order valence-electron chi connectivity index (χ0n) is 12.8. The first-order valence-corrected chi connectivity index (χ1v) is 7.96. The van der Waals surface area contributed by atoms with E-state index in [-0.39, 0.29) is 6.04 Å². The number of hydrogen-bond acceptors (Lipinski definition) is 5. The number of nitrogens with two attached hydrogens (primary N) is 1. The van der Waals surface area contributed by atoms with E-state index < -0.39 is 0 Å². The second kappa shape index (κ2) is 7.43. The Bertz CT molecular complexity index is 581. The predicted octanol–water partition coefficient (Wildman–Crippen LogP) is 3.32. The topological polar surface area (TPSA) is 57.4 Å². The van der Waals surface area contributed by atoms with E-state index in [9.17, 15) is 0 Å². The third-order valence-corrected chi connectivity index (χ3v) is 3.82. The van der Waals surface area contributed by atoms with Crippen molar-refractivity contribution in [3.63, 3.8) is 0 Å². The van der Waals surface area contributed by atoms with Gasteiger partial charge in [0.25, 0.3) is 0 Å². The fourth-order valence-corrected chi connectivity index (χ4v) is 2.83. The van der Waals surface area contributed by atoms with E-state index in [2.05, 4.69) is 4.98 Å². The molecule has 1 aromatic carbocycles. The molecule has 21 heavy (non-hydrogen) atoms. The van der Waals surface area contributed by atoms with Gasteiger partial charge in [0.05, 0.1) is 16.5 Å². The Morgan fingerprint density at radius 1 is 1.33 bits per heavy atom. The number of rotatable bonds is 7. The fraction of sp³-hybridized carbons (Fsp3) is 0.438. The van der Waals surface area contributed by atoms with Crippen molar-refractivity contribution in [2.24, 2.45) is 5.73 Å². The molecule has 114 valence electrons. The lowest BCUT2D eigenvalue weighted by Gasteiger charge is -2.16. The molecule has 0 fully saturated rings. The van der Waals surface area contributed by atoms with Gasteiger partial charge < -0.3 is 15.2 Å². The predicted molar refractivity (Wildman–Crippen MR) is 86.1 cm³/mol. The van der Waals surface area contributed by atoms with Crippen LogP contribution in [0.15, 0.2) is 24.4 Å². The normalized spacial score (nSPS) is 12.2. The van der Waals surface area contributed by atoms with Crippen LogP contribution in [0.4, 0.5) is 0 Å². The van der Waals surface area contributed by atoms with E-state index in [1.165, 1.54) is 0 Å². The summed E-state index contributed by atoms with van der Waals surface area (Å²) < 4.78 is 11.7. The number of para-hydroxylation sites is 1. The minimum absolute atomic E-state index is 0.0786. The third-order valence-electron chi connectivity index (χ3n) is 2.93. The van der Waals surface area contributed by atoms with Gasteiger partial charge in [-0.15, -0.1) is 11.3 Å². The molecule has 1 atom stereocenters. The summed E-state index contributed by atoms with van der Waals surface area (Å²) in [5, 5.41) is 1.04. The van der Waals surface area contributed by atoms with Crippen LogP contribution in [-0.4, -0.2) is 17.6 Å². The smallest absolute Gasteiger partial charge is 0.164 e. The number of benzene rings is 1. The standard InChI is InChI=1S/C16H22N2O2S/c1-4-19-15-7-5-6-13(8-11(2)17)16(15)20-10-14-9-18-12(3)21-14/h5-7,9,11H,4,8,10,17H2,1-3H3. The molecule has 1 heterocycles. The van der Waals surface area contributed by atoms with E-state index in [4.69, 9.17) is 15.2 Å². The summed E-state index contributed by atoms with van der Waals surface area (Å²) in [7, 11) is 0. The molecule has 0 amide bonds. The van der Waals surface area contributed by atoms with Gasteiger partial charge in [-0.1, -0.05) is 12.1 Å². The maximum Gasteiger partial charge on any atom is 0.164 e. The van der Waals surface area contributed by atoms with Crippen molar-refractivity contribution in [2.45, 2.75) is 39.8 Å². The molecule has 1 unspecified atom stereocenters. The molecule has 0 saturated heterocycles. The highest BCUT2D eigenvalue weighted by atomic mass is 32.1. The summed E-state index contributed by atoms with van der Waals surface area (Å²) in [4.78, 5) is 5.35. The second-order valence-corrected chi connectivity index (χ2v) is 6.31. The lowest BCUT2D eigenvalue weighted by Crippen LogP contribution is -2.18. The van der Waals surface area contributed by atoms with Gasteiger partial charge in [0, 0.05) is 12.2 Å². The highest BCUT2D eigenvalue weighted by molar-refractivity contribution is 7.11. The van der Waals surface area contributed by atoms with Gasteiger partial charge in [-0.05, 0) is 38.8 Å². The Kier molecular flexibility index (Phi) is 5.59. The molecule has 5 heteroatoms. The summed E-state index contributed by atoms with van der Waals surface area (Å²) in [5.74, 6) is 1.57. The lowest BCUT2D eigenvalue weighted by atomic mass is 10.1. The summed E-state index contributed by atoms with van der Waals surface area (Å²) in [6, 6.07) is 6.03. The molecule has 2 rings (SSSR count). The number of aromatic nitrogens is 1. The van der Waals surface area contributed by atoms with Gasteiger partial charge in [-0.3, -0.25) is 0 Å². The molecule has 2 N–H and O–H groups in total. The Balaban J connectivity index is 2.20. The second-order valence-electron chi connectivity index (χ2n) is 4.99. The van der Waals surface area contributed by atoms with Crippen molar-refractivity contribution in [2.75, 3.05) is 6.61 Å². The molecular weight excluding hydrogens is 284 g/mol. The fourth-order valence-electron chi connectivity index (χ4n) is 2.12. The molecule has 0 aliphatic rings. The van der Waals surface area contributed by atoms with Gasteiger partial charge in [0.15, 0.2) is 11.5 Å². The van der Waals surface area contributed by atoms with E-state index in [0.29, 0.717) is 13.2 Å². The average molecular weight is 306 g/mol. The minimum atomic E-state index is 0.0786. The number of aryl methyl sites for hydroxylation is 1. The van der Waals surface area contributed by atoms with Crippen LogP contribution in [0.2, 0.25) is 0 Å².